The molecule has 2 heterocycles. The second-order valence-electron chi connectivity index (χ2n) is 6.54. The molecule has 0 spiro atoms. The van der Waals surface area contributed by atoms with Gasteiger partial charge < -0.3 is 4.90 Å². The fourth-order valence-corrected chi connectivity index (χ4v) is 5.09. The lowest BCUT2D eigenvalue weighted by molar-refractivity contribution is -0.135. The van der Waals surface area contributed by atoms with Crippen molar-refractivity contribution in [3.63, 3.8) is 0 Å². The highest BCUT2D eigenvalue weighted by Gasteiger charge is 2.30. The summed E-state index contributed by atoms with van der Waals surface area (Å²) in [7, 11) is 0. The zero-order chi connectivity index (χ0) is 13.8. The van der Waals surface area contributed by atoms with Crippen molar-refractivity contribution in [1.82, 2.24) is 9.80 Å². The Morgan fingerprint density at radius 2 is 1.60 bits per heavy atom. The summed E-state index contributed by atoms with van der Waals surface area (Å²) in [4.78, 5) is 17.4. The minimum atomic E-state index is 0.354. The molecule has 2 aliphatic heterocycles. The van der Waals surface area contributed by atoms with E-state index in [1.54, 1.807) is 0 Å². The van der Waals surface area contributed by atoms with Crippen molar-refractivity contribution in [1.29, 1.82) is 0 Å². The minimum absolute atomic E-state index is 0.354. The predicted octanol–water partition coefficient (Wildman–Crippen LogP) is 2.61. The van der Waals surface area contributed by atoms with Gasteiger partial charge in [0.2, 0.25) is 5.91 Å². The molecule has 3 aliphatic rings. The Labute approximate surface area is 127 Å². The molecule has 1 amide bonds. The van der Waals surface area contributed by atoms with E-state index in [0.717, 1.165) is 38.5 Å². The highest BCUT2D eigenvalue weighted by atomic mass is 32.2. The molecule has 0 radical (unpaired) electrons. The van der Waals surface area contributed by atoms with Crippen LogP contribution in [0.4, 0.5) is 0 Å². The summed E-state index contributed by atoms with van der Waals surface area (Å²) < 4.78 is 0. The maximum absolute atomic E-state index is 12.5. The van der Waals surface area contributed by atoms with Gasteiger partial charge >= 0.3 is 0 Å². The van der Waals surface area contributed by atoms with Crippen LogP contribution in [-0.4, -0.2) is 59.4 Å². The van der Waals surface area contributed by atoms with E-state index in [4.69, 9.17) is 0 Å². The largest absolute Gasteiger partial charge is 0.341 e. The average Bonchev–Trinajstić information content (AvgIpc) is 2.92. The van der Waals surface area contributed by atoms with Crippen molar-refractivity contribution in [2.75, 3.05) is 37.7 Å². The molecule has 0 aromatic heterocycles. The molecular weight excluding hydrogens is 268 g/mol. The van der Waals surface area contributed by atoms with Gasteiger partial charge in [-0.2, -0.15) is 11.8 Å². The molecule has 0 unspecified atom stereocenters. The number of nitrogens with zero attached hydrogens (tertiary/aromatic N) is 2. The van der Waals surface area contributed by atoms with Gasteiger partial charge in [0.05, 0.1) is 0 Å². The molecule has 3 fully saturated rings. The topological polar surface area (TPSA) is 23.6 Å². The summed E-state index contributed by atoms with van der Waals surface area (Å²) in [6.07, 6.45) is 8.66. The summed E-state index contributed by atoms with van der Waals surface area (Å²) in [5, 5.41) is 0. The molecule has 20 heavy (non-hydrogen) atoms. The van der Waals surface area contributed by atoms with E-state index >= 15 is 0 Å². The lowest BCUT2D eigenvalue weighted by Crippen LogP contribution is -2.42. The number of thioether (sulfide) groups is 1. The van der Waals surface area contributed by atoms with Crippen LogP contribution in [0.1, 0.15) is 44.9 Å². The van der Waals surface area contributed by atoms with Crippen LogP contribution >= 0.6 is 11.8 Å². The van der Waals surface area contributed by atoms with Gasteiger partial charge in [-0.1, -0.05) is 12.8 Å². The number of rotatable bonds is 2. The summed E-state index contributed by atoms with van der Waals surface area (Å²) in [5.74, 6) is 3.47. The molecule has 0 aromatic carbocycles. The number of hydrogen-bond donors (Lipinski definition) is 0. The first-order valence-corrected chi connectivity index (χ1v) is 9.60. The van der Waals surface area contributed by atoms with Gasteiger partial charge in [-0.15, -0.1) is 0 Å². The van der Waals surface area contributed by atoms with E-state index < -0.39 is 0 Å². The second-order valence-corrected chi connectivity index (χ2v) is 7.76. The van der Waals surface area contributed by atoms with Crippen LogP contribution in [-0.2, 0) is 4.79 Å². The smallest absolute Gasteiger partial charge is 0.225 e. The van der Waals surface area contributed by atoms with Gasteiger partial charge in [0.25, 0.3) is 0 Å². The maximum Gasteiger partial charge on any atom is 0.225 e. The van der Waals surface area contributed by atoms with E-state index in [1.165, 1.54) is 50.2 Å². The van der Waals surface area contributed by atoms with Crippen molar-refractivity contribution >= 4 is 17.7 Å². The van der Waals surface area contributed by atoms with Gasteiger partial charge in [-0.25, -0.2) is 0 Å². The van der Waals surface area contributed by atoms with Crippen LogP contribution in [0.15, 0.2) is 0 Å². The maximum atomic E-state index is 12.5. The summed E-state index contributed by atoms with van der Waals surface area (Å²) in [6.45, 7) is 4.27. The Morgan fingerprint density at radius 3 is 2.35 bits per heavy atom. The zero-order valence-corrected chi connectivity index (χ0v) is 13.4. The molecule has 3 nitrogen and oxygen atoms in total. The van der Waals surface area contributed by atoms with Crippen LogP contribution in [0.25, 0.3) is 0 Å². The number of carbonyl (C=O) groups is 1. The van der Waals surface area contributed by atoms with Crippen molar-refractivity contribution in [2.24, 2.45) is 5.92 Å². The molecular formula is C16H28N2OS. The van der Waals surface area contributed by atoms with Crippen LogP contribution in [0.5, 0.6) is 0 Å². The lowest BCUT2D eigenvalue weighted by atomic mass is 10.1. The molecule has 114 valence electrons. The Balaban J connectivity index is 1.52. The molecule has 1 saturated carbocycles. The minimum Gasteiger partial charge on any atom is -0.341 e. The Morgan fingerprint density at radius 1 is 0.850 bits per heavy atom. The third kappa shape index (κ3) is 3.51. The Hall–Kier alpha value is -0.220. The summed E-state index contributed by atoms with van der Waals surface area (Å²) in [6, 6.07) is 0.790. The van der Waals surface area contributed by atoms with E-state index in [9.17, 15) is 4.79 Å². The molecule has 3 rings (SSSR count). The molecule has 0 aromatic rings. The molecule has 0 N–H and O–H groups in total. The molecule has 4 heteroatoms. The van der Waals surface area contributed by atoms with Gasteiger partial charge in [-0.05, 0) is 43.6 Å². The summed E-state index contributed by atoms with van der Waals surface area (Å²) in [5.41, 5.74) is 0. The second kappa shape index (κ2) is 7.17. The highest BCUT2D eigenvalue weighted by Crippen LogP contribution is 2.27. The monoisotopic (exact) mass is 296 g/mol. The van der Waals surface area contributed by atoms with Crippen LogP contribution in [0.3, 0.4) is 0 Å². The first-order chi connectivity index (χ1) is 9.84. The quantitative estimate of drug-likeness (QED) is 0.782. The molecule has 0 atom stereocenters. The van der Waals surface area contributed by atoms with Crippen molar-refractivity contribution in [3.8, 4) is 0 Å². The number of amides is 1. The van der Waals surface area contributed by atoms with Gasteiger partial charge in [0, 0.05) is 38.1 Å². The Kier molecular flexibility index (Phi) is 5.27. The van der Waals surface area contributed by atoms with Gasteiger partial charge in [-0.3, -0.25) is 9.69 Å². The SMILES string of the molecule is O=C(C1CCCC1)N1CCCN(C2CCSCC2)CC1. The van der Waals surface area contributed by atoms with Crippen LogP contribution in [0.2, 0.25) is 0 Å². The first kappa shape index (κ1) is 14.7. The van der Waals surface area contributed by atoms with E-state index in [-0.39, 0.29) is 0 Å². The third-order valence-corrected chi connectivity index (χ3v) is 6.30. The van der Waals surface area contributed by atoms with E-state index in [0.29, 0.717) is 11.8 Å². The standard InChI is InChI=1S/C16H28N2OS/c19-16(14-4-1-2-5-14)18-9-3-8-17(10-11-18)15-6-12-20-13-7-15/h14-15H,1-13H2. The highest BCUT2D eigenvalue weighted by molar-refractivity contribution is 7.99. The normalized spacial score (nSPS) is 27.7. The van der Waals surface area contributed by atoms with Crippen molar-refractivity contribution < 1.29 is 4.79 Å². The van der Waals surface area contributed by atoms with Gasteiger partial charge in [0.1, 0.15) is 0 Å². The Bertz CT molecular complexity index is 324. The van der Waals surface area contributed by atoms with Gasteiger partial charge in [0.15, 0.2) is 0 Å². The predicted molar refractivity (Wildman–Crippen MR) is 85.1 cm³/mol. The van der Waals surface area contributed by atoms with Crippen LogP contribution in [0, 0.1) is 5.92 Å². The number of hydrogen-bond acceptors (Lipinski definition) is 3. The molecule has 0 bridgehead atoms. The van der Waals surface area contributed by atoms with Crippen molar-refractivity contribution in [3.05, 3.63) is 0 Å². The van der Waals surface area contributed by atoms with Crippen molar-refractivity contribution in [2.45, 2.75) is 51.0 Å². The van der Waals surface area contributed by atoms with E-state index in [1.807, 2.05) is 0 Å². The lowest BCUT2D eigenvalue weighted by Gasteiger charge is -2.33. The van der Waals surface area contributed by atoms with E-state index in [2.05, 4.69) is 21.6 Å². The fourth-order valence-electron chi connectivity index (χ4n) is 4.00. The van der Waals surface area contributed by atoms with Crippen LogP contribution < -0.4 is 0 Å². The first-order valence-electron chi connectivity index (χ1n) is 8.45. The number of carbonyl (C=O) groups excluding carboxylic acids is 1. The average molecular weight is 296 g/mol. The zero-order valence-electron chi connectivity index (χ0n) is 12.6. The summed E-state index contributed by atoms with van der Waals surface area (Å²) >= 11 is 2.10. The third-order valence-electron chi connectivity index (χ3n) is 5.25. The fraction of sp³-hybridized carbons (Fsp3) is 0.938. The molecule has 1 aliphatic carbocycles. The molecule has 2 saturated heterocycles.